The maximum atomic E-state index is 10.9. The molecule has 0 spiro atoms. The Kier molecular flexibility index (Phi) is 6.34. The molecule has 0 unspecified atom stereocenters. The molecule has 0 fully saturated rings. The molecule has 100 valence electrons. The molecule has 0 amide bonds. The first-order chi connectivity index (χ1) is 7.56. The van der Waals surface area contributed by atoms with E-state index in [1.54, 1.807) is 13.0 Å². The van der Waals surface area contributed by atoms with Gasteiger partial charge < -0.3 is 4.43 Å². The lowest BCUT2D eigenvalue weighted by Crippen LogP contribution is -2.40. The largest absolute Gasteiger partial charge is 0.417 e. The van der Waals surface area contributed by atoms with E-state index in [4.69, 9.17) is 4.43 Å². The number of rotatable bonds is 6. The summed E-state index contributed by atoms with van der Waals surface area (Å²) in [7, 11) is -1.60. The summed E-state index contributed by atoms with van der Waals surface area (Å²) < 4.78 is 6.08. The van der Waals surface area contributed by atoms with E-state index in [2.05, 4.69) is 33.9 Å². The second kappa shape index (κ2) is 6.50. The van der Waals surface area contributed by atoms with Gasteiger partial charge in [-0.1, -0.05) is 26.3 Å². The summed E-state index contributed by atoms with van der Waals surface area (Å²) in [5.41, 5.74) is 1.15. The maximum Gasteiger partial charge on any atom is 0.191 e. The predicted octanol–water partition coefficient (Wildman–Crippen LogP) is 4.32. The third-order valence-corrected chi connectivity index (χ3v) is 7.97. The molecule has 0 rings (SSSR count). The quantitative estimate of drug-likeness (QED) is 0.402. The second-order valence-corrected chi connectivity index (χ2v) is 11.1. The average molecular weight is 256 g/mol. The fraction of sp³-hybridized carbons (Fsp3) is 0.786. The van der Waals surface area contributed by atoms with Crippen LogP contribution in [0.4, 0.5) is 0 Å². The van der Waals surface area contributed by atoms with Crippen molar-refractivity contribution >= 4 is 14.1 Å². The number of ketones is 1. The van der Waals surface area contributed by atoms with E-state index in [9.17, 15) is 4.79 Å². The van der Waals surface area contributed by atoms with Crippen LogP contribution in [0.2, 0.25) is 18.1 Å². The van der Waals surface area contributed by atoms with Gasteiger partial charge >= 0.3 is 0 Å². The molecule has 0 aromatic heterocycles. The Labute approximate surface area is 108 Å². The first-order valence-electron chi connectivity index (χ1n) is 6.38. The Hall–Kier alpha value is -0.413. The van der Waals surface area contributed by atoms with Crippen molar-refractivity contribution in [3.63, 3.8) is 0 Å². The summed E-state index contributed by atoms with van der Waals surface area (Å²) in [6, 6.07) is 0. The standard InChI is InChI=1S/C14H28O2Si/c1-12(11-13(2)15)9-8-10-16-17(6,7)14(3,4)5/h11H,8-10H2,1-7H3/b12-11+. The van der Waals surface area contributed by atoms with Crippen LogP contribution in [0, 0.1) is 0 Å². The fourth-order valence-corrected chi connectivity index (χ4v) is 2.40. The smallest absolute Gasteiger partial charge is 0.191 e. The maximum absolute atomic E-state index is 10.9. The highest BCUT2D eigenvalue weighted by Crippen LogP contribution is 2.36. The molecule has 3 heteroatoms. The van der Waals surface area contributed by atoms with Crippen molar-refractivity contribution in [3.05, 3.63) is 11.6 Å². The minimum absolute atomic E-state index is 0.132. The Bertz CT molecular complexity index is 285. The minimum Gasteiger partial charge on any atom is -0.417 e. The molecular weight excluding hydrogens is 228 g/mol. The van der Waals surface area contributed by atoms with Crippen LogP contribution in [-0.2, 0) is 9.22 Å². The molecule has 2 nitrogen and oxygen atoms in total. The zero-order valence-corrected chi connectivity index (χ0v) is 13.5. The molecule has 17 heavy (non-hydrogen) atoms. The van der Waals surface area contributed by atoms with Crippen molar-refractivity contribution < 1.29 is 9.22 Å². The van der Waals surface area contributed by atoms with Crippen molar-refractivity contribution in [2.75, 3.05) is 6.61 Å². The van der Waals surface area contributed by atoms with Gasteiger partial charge in [-0.3, -0.25) is 4.79 Å². The summed E-state index contributed by atoms with van der Waals surface area (Å²) in [6.45, 7) is 15.7. The van der Waals surface area contributed by atoms with Crippen LogP contribution in [0.3, 0.4) is 0 Å². The lowest BCUT2D eigenvalue weighted by Gasteiger charge is -2.36. The molecule has 0 saturated heterocycles. The zero-order valence-electron chi connectivity index (χ0n) is 12.5. The van der Waals surface area contributed by atoms with Crippen molar-refractivity contribution in [1.82, 2.24) is 0 Å². The summed E-state index contributed by atoms with van der Waals surface area (Å²) in [4.78, 5) is 10.9. The summed E-state index contributed by atoms with van der Waals surface area (Å²) >= 11 is 0. The molecule has 0 atom stereocenters. The number of carbonyl (C=O) groups excluding carboxylic acids is 1. The van der Waals surface area contributed by atoms with Crippen LogP contribution < -0.4 is 0 Å². The number of carbonyl (C=O) groups is 1. The van der Waals surface area contributed by atoms with E-state index in [-0.39, 0.29) is 10.8 Å². The molecule has 0 heterocycles. The summed E-state index contributed by atoms with van der Waals surface area (Å²) in [5.74, 6) is 0.132. The number of hydrogen-bond donors (Lipinski definition) is 0. The molecule has 0 radical (unpaired) electrons. The number of hydrogen-bond acceptors (Lipinski definition) is 2. The van der Waals surface area contributed by atoms with E-state index in [1.807, 2.05) is 6.92 Å². The van der Waals surface area contributed by atoms with E-state index in [1.165, 1.54) is 0 Å². The monoisotopic (exact) mass is 256 g/mol. The lowest BCUT2D eigenvalue weighted by molar-refractivity contribution is -0.112. The van der Waals surface area contributed by atoms with Crippen molar-refractivity contribution in [2.45, 2.75) is 65.6 Å². The Morgan fingerprint density at radius 1 is 1.24 bits per heavy atom. The Morgan fingerprint density at radius 3 is 2.18 bits per heavy atom. The van der Waals surface area contributed by atoms with E-state index >= 15 is 0 Å². The van der Waals surface area contributed by atoms with Gasteiger partial charge in [-0.15, -0.1) is 0 Å². The highest BCUT2D eigenvalue weighted by molar-refractivity contribution is 6.74. The zero-order chi connectivity index (χ0) is 13.7. The van der Waals surface area contributed by atoms with Crippen LogP contribution in [0.1, 0.15) is 47.5 Å². The van der Waals surface area contributed by atoms with Crippen LogP contribution in [-0.4, -0.2) is 20.7 Å². The van der Waals surface area contributed by atoms with Crippen LogP contribution in [0.5, 0.6) is 0 Å². The summed E-state index contributed by atoms with van der Waals surface area (Å²) in [6.07, 6.45) is 3.67. The molecule has 0 N–H and O–H groups in total. The SMILES string of the molecule is CC(=O)/C=C(\C)CCCO[Si](C)(C)C(C)(C)C. The van der Waals surface area contributed by atoms with Gasteiger partial charge in [-0.2, -0.15) is 0 Å². The van der Waals surface area contributed by atoms with Crippen LogP contribution in [0.25, 0.3) is 0 Å². The third-order valence-electron chi connectivity index (χ3n) is 3.43. The molecule has 0 aliphatic carbocycles. The van der Waals surface area contributed by atoms with Gasteiger partial charge in [0.25, 0.3) is 0 Å². The number of allylic oxidation sites excluding steroid dienone is 2. The van der Waals surface area contributed by atoms with Gasteiger partial charge in [0, 0.05) is 6.61 Å². The second-order valence-electron chi connectivity index (χ2n) is 6.31. The molecular formula is C14H28O2Si. The highest BCUT2D eigenvalue weighted by Gasteiger charge is 2.36. The van der Waals surface area contributed by atoms with E-state index < -0.39 is 8.32 Å². The van der Waals surface area contributed by atoms with E-state index in [0.717, 1.165) is 25.0 Å². The van der Waals surface area contributed by atoms with E-state index in [0.29, 0.717) is 0 Å². The lowest BCUT2D eigenvalue weighted by atomic mass is 10.1. The molecule has 0 aliphatic heterocycles. The topological polar surface area (TPSA) is 26.3 Å². The van der Waals surface area contributed by atoms with Crippen molar-refractivity contribution in [3.8, 4) is 0 Å². The first-order valence-corrected chi connectivity index (χ1v) is 9.29. The molecule has 0 saturated carbocycles. The normalized spacial score (nSPS) is 13.9. The molecule has 0 bridgehead atoms. The Balaban J connectivity index is 3.98. The van der Waals surface area contributed by atoms with Crippen molar-refractivity contribution in [2.24, 2.45) is 0 Å². The third kappa shape index (κ3) is 6.79. The molecule has 0 aliphatic rings. The fourth-order valence-electron chi connectivity index (χ4n) is 1.31. The minimum atomic E-state index is -1.60. The summed E-state index contributed by atoms with van der Waals surface area (Å²) in [5, 5.41) is 0.275. The first kappa shape index (κ1) is 16.6. The highest BCUT2D eigenvalue weighted by atomic mass is 28.4. The molecule has 0 aromatic carbocycles. The van der Waals surface area contributed by atoms with Gasteiger partial charge in [0.15, 0.2) is 14.1 Å². The van der Waals surface area contributed by atoms with Gasteiger partial charge in [0.1, 0.15) is 0 Å². The van der Waals surface area contributed by atoms with Gasteiger partial charge in [-0.05, 0) is 50.9 Å². The molecule has 0 aromatic rings. The van der Waals surface area contributed by atoms with Gasteiger partial charge in [0.05, 0.1) is 0 Å². The van der Waals surface area contributed by atoms with Crippen molar-refractivity contribution in [1.29, 1.82) is 0 Å². The predicted molar refractivity (Wildman–Crippen MR) is 76.8 cm³/mol. The van der Waals surface area contributed by atoms with Gasteiger partial charge in [0.2, 0.25) is 0 Å². The van der Waals surface area contributed by atoms with Gasteiger partial charge in [-0.25, -0.2) is 0 Å². The average Bonchev–Trinajstić information content (AvgIpc) is 2.09. The van der Waals surface area contributed by atoms with Crippen LogP contribution >= 0.6 is 0 Å². The van der Waals surface area contributed by atoms with Crippen LogP contribution in [0.15, 0.2) is 11.6 Å². The Morgan fingerprint density at radius 2 is 1.76 bits per heavy atom.